The van der Waals surface area contributed by atoms with Crippen molar-refractivity contribution in [2.75, 3.05) is 11.6 Å². The van der Waals surface area contributed by atoms with Crippen molar-refractivity contribution < 1.29 is 14.7 Å². The quantitative estimate of drug-likeness (QED) is 0.584. The molecule has 0 aliphatic rings. The van der Waals surface area contributed by atoms with Gasteiger partial charge in [-0.2, -0.15) is 0 Å². The zero-order chi connectivity index (χ0) is 11.8. The summed E-state index contributed by atoms with van der Waals surface area (Å²) in [4.78, 5) is 21.7. The Balaban J connectivity index is 2.19. The number of carbonyl (C=O) groups excluding carboxylic acids is 1. The van der Waals surface area contributed by atoms with Crippen LogP contribution in [0.2, 0.25) is 0 Å². The number of thioether (sulfide) groups is 1. The van der Waals surface area contributed by atoms with Gasteiger partial charge in [0.2, 0.25) is 0 Å². The van der Waals surface area contributed by atoms with Crippen molar-refractivity contribution in [1.82, 2.24) is 5.32 Å². The summed E-state index contributed by atoms with van der Waals surface area (Å²) in [7, 11) is 0. The molecule has 0 radical (unpaired) electrons. The van der Waals surface area contributed by atoms with Crippen LogP contribution in [0, 0.1) is 0 Å². The molecule has 0 heterocycles. The van der Waals surface area contributed by atoms with Crippen LogP contribution < -0.4 is 5.32 Å². The monoisotopic (exact) mass is 239 g/mol. The van der Waals surface area contributed by atoms with E-state index in [2.05, 4.69) is 5.32 Å². The van der Waals surface area contributed by atoms with Gasteiger partial charge in [-0.05, 0) is 12.1 Å². The van der Waals surface area contributed by atoms with Crippen molar-refractivity contribution in [3.8, 4) is 0 Å². The molecule has 4 nitrogen and oxygen atoms in total. The Labute approximate surface area is 98.0 Å². The lowest BCUT2D eigenvalue weighted by Gasteiger charge is -2.03. The minimum absolute atomic E-state index is 0.117. The minimum atomic E-state index is -0.818. The third-order valence-electron chi connectivity index (χ3n) is 1.83. The third-order valence-corrected chi connectivity index (χ3v) is 2.67. The van der Waals surface area contributed by atoms with E-state index in [1.54, 1.807) is 24.3 Å². The summed E-state index contributed by atoms with van der Waals surface area (Å²) >= 11 is 1.39. The minimum Gasteiger partial charge on any atom is -0.481 e. The molecule has 0 saturated carbocycles. The van der Waals surface area contributed by atoms with Gasteiger partial charge in [0.15, 0.2) is 0 Å². The Hall–Kier alpha value is -1.49. The van der Waals surface area contributed by atoms with Crippen molar-refractivity contribution in [3.63, 3.8) is 0 Å². The van der Waals surface area contributed by atoms with Crippen LogP contribution in [-0.2, 0) is 4.79 Å². The number of benzene rings is 1. The molecule has 1 rings (SSSR count). The molecule has 2 N–H and O–H groups in total. The van der Waals surface area contributed by atoms with E-state index in [0.717, 1.165) is 0 Å². The fraction of sp³-hybridized carbons (Fsp3) is 0.273. The number of rotatable bonds is 6. The third kappa shape index (κ3) is 4.84. The van der Waals surface area contributed by atoms with Gasteiger partial charge >= 0.3 is 5.97 Å². The largest absolute Gasteiger partial charge is 0.481 e. The van der Waals surface area contributed by atoms with E-state index in [1.807, 2.05) is 6.07 Å². The molecule has 5 heteroatoms. The molecule has 0 aromatic heterocycles. The maximum atomic E-state index is 11.5. The molecule has 86 valence electrons. The fourth-order valence-electron chi connectivity index (χ4n) is 1.04. The Morgan fingerprint density at radius 2 is 1.94 bits per heavy atom. The Bertz CT molecular complexity index is 354. The molecular formula is C11H13NO3S. The summed E-state index contributed by atoms with van der Waals surface area (Å²) in [6.07, 6.45) is 0.117. The standard InChI is InChI=1S/C11H13NO3S/c13-10(14)6-7-16-8-12-11(15)9-4-2-1-3-5-9/h1-5H,6-8H2,(H,12,15)(H,13,14). The van der Waals surface area contributed by atoms with Crippen molar-refractivity contribution in [2.24, 2.45) is 0 Å². The van der Waals surface area contributed by atoms with Crippen LogP contribution in [-0.4, -0.2) is 28.6 Å². The average Bonchev–Trinajstić information content (AvgIpc) is 2.29. The van der Waals surface area contributed by atoms with Crippen molar-refractivity contribution >= 4 is 23.6 Å². The first kappa shape index (κ1) is 12.6. The molecule has 0 spiro atoms. The molecule has 0 aliphatic heterocycles. The summed E-state index contributed by atoms with van der Waals surface area (Å²) in [6.45, 7) is 0. The van der Waals surface area contributed by atoms with Crippen molar-refractivity contribution in [2.45, 2.75) is 6.42 Å². The van der Waals surface area contributed by atoms with Crippen LogP contribution in [0.3, 0.4) is 0 Å². The number of amides is 1. The number of carboxylic acid groups (broad SMARTS) is 1. The molecular weight excluding hydrogens is 226 g/mol. The van der Waals surface area contributed by atoms with Gasteiger partial charge in [0.25, 0.3) is 5.91 Å². The lowest BCUT2D eigenvalue weighted by atomic mass is 10.2. The topological polar surface area (TPSA) is 66.4 Å². The van der Waals surface area contributed by atoms with Gasteiger partial charge < -0.3 is 10.4 Å². The summed E-state index contributed by atoms with van der Waals surface area (Å²) in [5, 5.41) is 11.1. The van der Waals surface area contributed by atoms with Gasteiger partial charge in [0, 0.05) is 11.3 Å². The van der Waals surface area contributed by atoms with Crippen LogP contribution in [0.1, 0.15) is 16.8 Å². The van der Waals surface area contributed by atoms with Gasteiger partial charge in [0.05, 0.1) is 12.3 Å². The van der Waals surface area contributed by atoms with E-state index in [-0.39, 0.29) is 12.3 Å². The molecule has 0 atom stereocenters. The molecule has 1 aromatic carbocycles. The second-order valence-corrected chi connectivity index (χ2v) is 4.17. The van der Waals surface area contributed by atoms with E-state index in [4.69, 9.17) is 5.11 Å². The van der Waals surface area contributed by atoms with Crippen molar-refractivity contribution in [3.05, 3.63) is 35.9 Å². The smallest absolute Gasteiger partial charge is 0.304 e. The zero-order valence-corrected chi connectivity index (χ0v) is 9.50. The molecule has 1 amide bonds. The molecule has 0 bridgehead atoms. The number of carbonyl (C=O) groups is 2. The number of carboxylic acids is 1. The predicted molar refractivity (Wildman–Crippen MR) is 63.5 cm³/mol. The molecule has 16 heavy (non-hydrogen) atoms. The molecule has 1 aromatic rings. The molecule has 0 aliphatic carbocycles. The first-order valence-electron chi connectivity index (χ1n) is 4.83. The summed E-state index contributed by atoms with van der Waals surface area (Å²) in [5.41, 5.74) is 0.612. The van der Waals surface area contributed by atoms with Gasteiger partial charge in [-0.25, -0.2) is 0 Å². The van der Waals surface area contributed by atoms with Gasteiger partial charge in [-0.3, -0.25) is 9.59 Å². The Morgan fingerprint density at radius 3 is 2.56 bits per heavy atom. The van der Waals surface area contributed by atoms with Crippen LogP contribution >= 0.6 is 11.8 Å². The lowest BCUT2D eigenvalue weighted by molar-refractivity contribution is -0.136. The highest BCUT2D eigenvalue weighted by Crippen LogP contribution is 2.02. The van der Waals surface area contributed by atoms with E-state index in [9.17, 15) is 9.59 Å². The normalized spacial score (nSPS) is 9.75. The van der Waals surface area contributed by atoms with Crippen LogP contribution in [0.25, 0.3) is 0 Å². The van der Waals surface area contributed by atoms with E-state index < -0.39 is 5.97 Å². The highest BCUT2D eigenvalue weighted by atomic mass is 32.2. The van der Waals surface area contributed by atoms with Crippen LogP contribution in [0.15, 0.2) is 30.3 Å². The highest BCUT2D eigenvalue weighted by molar-refractivity contribution is 7.99. The molecule has 0 unspecified atom stereocenters. The SMILES string of the molecule is O=C(O)CCSCNC(=O)c1ccccc1. The second-order valence-electron chi connectivity index (χ2n) is 3.07. The molecule has 0 fully saturated rings. The number of aliphatic carboxylic acids is 1. The summed E-state index contributed by atoms with van der Waals surface area (Å²) in [6, 6.07) is 8.91. The summed E-state index contributed by atoms with van der Waals surface area (Å²) in [5.74, 6) is -0.0175. The maximum absolute atomic E-state index is 11.5. The number of nitrogens with one attached hydrogen (secondary N) is 1. The van der Waals surface area contributed by atoms with E-state index in [0.29, 0.717) is 17.2 Å². The lowest BCUT2D eigenvalue weighted by Crippen LogP contribution is -2.22. The Morgan fingerprint density at radius 1 is 1.25 bits per heavy atom. The van der Waals surface area contributed by atoms with E-state index in [1.165, 1.54) is 11.8 Å². The Kier molecular flexibility index (Phi) is 5.42. The zero-order valence-electron chi connectivity index (χ0n) is 8.68. The highest BCUT2D eigenvalue weighted by Gasteiger charge is 2.03. The van der Waals surface area contributed by atoms with Gasteiger partial charge in [-0.15, -0.1) is 11.8 Å². The van der Waals surface area contributed by atoms with Gasteiger partial charge in [-0.1, -0.05) is 18.2 Å². The first-order chi connectivity index (χ1) is 7.70. The summed E-state index contributed by atoms with van der Waals surface area (Å²) < 4.78 is 0. The number of hydrogen-bond acceptors (Lipinski definition) is 3. The molecule has 0 saturated heterocycles. The van der Waals surface area contributed by atoms with Crippen molar-refractivity contribution in [1.29, 1.82) is 0 Å². The number of hydrogen-bond donors (Lipinski definition) is 2. The van der Waals surface area contributed by atoms with Crippen LogP contribution in [0.4, 0.5) is 0 Å². The average molecular weight is 239 g/mol. The van der Waals surface area contributed by atoms with E-state index >= 15 is 0 Å². The second kappa shape index (κ2) is 6.90. The maximum Gasteiger partial charge on any atom is 0.304 e. The van der Waals surface area contributed by atoms with Gasteiger partial charge in [0.1, 0.15) is 0 Å². The first-order valence-corrected chi connectivity index (χ1v) is 5.98. The predicted octanol–water partition coefficient (Wildman–Crippen LogP) is 1.58. The van der Waals surface area contributed by atoms with Crippen LogP contribution in [0.5, 0.6) is 0 Å². The fourth-order valence-corrected chi connectivity index (χ4v) is 1.74.